The lowest BCUT2D eigenvalue weighted by Crippen LogP contribution is -2.41. The van der Waals surface area contributed by atoms with E-state index >= 15 is 0 Å². The van der Waals surface area contributed by atoms with Crippen LogP contribution in [-0.4, -0.2) is 36.4 Å². The fourth-order valence-electron chi connectivity index (χ4n) is 0.942. The molecule has 0 bridgehead atoms. The zero-order valence-electron chi connectivity index (χ0n) is 5.83. The van der Waals surface area contributed by atoms with E-state index in [4.69, 9.17) is 9.84 Å². The van der Waals surface area contributed by atoms with Crippen molar-refractivity contribution in [2.75, 3.05) is 13.2 Å². The number of hydrogen-bond donors (Lipinski definition) is 2. The lowest BCUT2D eigenvalue weighted by Gasteiger charge is -2.11. The van der Waals surface area contributed by atoms with Gasteiger partial charge in [0.05, 0.1) is 25.4 Å². The molecule has 1 fully saturated rings. The van der Waals surface area contributed by atoms with Gasteiger partial charge in [0.2, 0.25) is 5.91 Å². The molecule has 0 aliphatic carbocycles. The molecule has 1 rings (SSSR count). The Balaban J connectivity index is 2.33. The van der Waals surface area contributed by atoms with Crippen LogP contribution in [0.1, 0.15) is 6.92 Å². The Kier molecular flexibility index (Phi) is 2.24. The van der Waals surface area contributed by atoms with E-state index in [1.165, 1.54) is 6.92 Å². The third kappa shape index (κ3) is 1.68. The maximum atomic E-state index is 10.5. The molecule has 1 unspecified atom stereocenters. The maximum absolute atomic E-state index is 10.5. The van der Waals surface area contributed by atoms with E-state index in [1.807, 2.05) is 0 Å². The van der Waals surface area contributed by atoms with Gasteiger partial charge in [-0.25, -0.2) is 0 Å². The first-order valence-electron chi connectivity index (χ1n) is 3.23. The predicted octanol–water partition coefficient (Wildman–Crippen LogP) is -1.12. The number of ether oxygens (including phenoxy) is 1. The Hall–Kier alpha value is -0.610. The van der Waals surface area contributed by atoms with Crippen molar-refractivity contribution in [3.8, 4) is 0 Å². The van der Waals surface area contributed by atoms with Crippen LogP contribution in [0.15, 0.2) is 0 Å². The smallest absolute Gasteiger partial charge is 0.217 e. The van der Waals surface area contributed by atoms with Crippen molar-refractivity contribution in [1.29, 1.82) is 0 Å². The summed E-state index contributed by atoms with van der Waals surface area (Å²) in [5.74, 6) is -0.130. The highest BCUT2D eigenvalue weighted by molar-refractivity contribution is 5.73. The molecular formula is C6H11NO3. The van der Waals surface area contributed by atoms with Crippen LogP contribution >= 0.6 is 0 Å². The number of aliphatic hydroxyl groups excluding tert-OH is 1. The topological polar surface area (TPSA) is 58.6 Å². The highest BCUT2D eigenvalue weighted by Crippen LogP contribution is 2.03. The quantitative estimate of drug-likeness (QED) is 0.491. The van der Waals surface area contributed by atoms with E-state index in [2.05, 4.69) is 5.32 Å². The van der Waals surface area contributed by atoms with E-state index in [0.29, 0.717) is 13.2 Å². The molecule has 0 aromatic rings. The summed E-state index contributed by atoms with van der Waals surface area (Å²) in [6.07, 6.45) is -0.538. The standard InChI is InChI=1S/C6H11NO3/c1-4(8)7-5-2-10-3-6(5)9/h5-6,9H,2-3H2,1H3,(H,7,8)/t5?,6-/m1/s1. The molecular weight excluding hydrogens is 134 g/mol. The Morgan fingerprint density at radius 3 is 2.80 bits per heavy atom. The number of rotatable bonds is 1. The van der Waals surface area contributed by atoms with Crippen molar-refractivity contribution in [2.24, 2.45) is 0 Å². The van der Waals surface area contributed by atoms with Crippen molar-refractivity contribution in [2.45, 2.75) is 19.1 Å². The van der Waals surface area contributed by atoms with Gasteiger partial charge in [0, 0.05) is 6.92 Å². The van der Waals surface area contributed by atoms with E-state index in [-0.39, 0.29) is 11.9 Å². The van der Waals surface area contributed by atoms with E-state index < -0.39 is 6.10 Å². The lowest BCUT2D eigenvalue weighted by molar-refractivity contribution is -0.120. The van der Waals surface area contributed by atoms with Gasteiger partial charge in [0.1, 0.15) is 0 Å². The Bertz CT molecular complexity index is 137. The van der Waals surface area contributed by atoms with Gasteiger partial charge in [0.25, 0.3) is 0 Å². The Morgan fingerprint density at radius 2 is 2.40 bits per heavy atom. The normalized spacial score (nSPS) is 32.2. The molecule has 1 aliphatic heterocycles. The first kappa shape index (κ1) is 7.50. The molecule has 0 radical (unpaired) electrons. The van der Waals surface area contributed by atoms with Crippen molar-refractivity contribution in [1.82, 2.24) is 5.32 Å². The van der Waals surface area contributed by atoms with E-state index in [0.717, 1.165) is 0 Å². The zero-order chi connectivity index (χ0) is 7.56. The number of amides is 1. The Morgan fingerprint density at radius 1 is 1.70 bits per heavy atom. The minimum atomic E-state index is -0.538. The summed E-state index contributed by atoms with van der Waals surface area (Å²) in [4.78, 5) is 10.5. The monoisotopic (exact) mass is 145 g/mol. The average molecular weight is 145 g/mol. The van der Waals surface area contributed by atoms with E-state index in [1.54, 1.807) is 0 Å². The number of nitrogens with one attached hydrogen (secondary N) is 1. The highest BCUT2D eigenvalue weighted by atomic mass is 16.5. The fourth-order valence-corrected chi connectivity index (χ4v) is 0.942. The number of carbonyl (C=O) groups is 1. The minimum absolute atomic E-state index is 0.130. The van der Waals surface area contributed by atoms with Crippen molar-refractivity contribution in [3.05, 3.63) is 0 Å². The van der Waals surface area contributed by atoms with Crippen LogP contribution in [0, 0.1) is 0 Å². The SMILES string of the molecule is CC(=O)NC1COC[C@H]1O. The summed E-state index contributed by atoms with van der Waals surface area (Å²) in [6, 6.07) is -0.211. The van der Waals surface area contributed by atoms with E-state index in [9.17, 15) is 4.79 Å². The van der Waals surface area contributed by atoms with Gasteiger partial charge in [0.15, 0.2) is 0 Å². The average Bonchev–Trinajstić information content (AvgIpc) is 2.15. The summed E-state index contributed by atoms with van der Waals surface area (Å²) < 4.78 is 4.91. The molecule has 1 heterocycles. The fraction of sp³-hybridized carbons (Fsp3) is 0.833. The molecule has 2 N–H and O–H groups in total. The van der Waals surface area contributed by atoms with Gasteiger partial charge in [-0.3, -0.25) is 4.79 Å². The minimum Gasteiger partial charge on any atom is -0.388 e. The lowest BCUT2D eigenvalue weighted by atomic mass is 10.2. The van der Waals surface area contributed by atoms with Crippen LogP contribution < -0.4 is 5.32 Å². The third-order valence-corrected chi connectivity index (χ3v) is 1.44. The molecule has 0 aromatic carbocycles. The summed E-state index contributed by atoms with van der Waals surface area (Å²) in [7, 11) is 0. The predicted molar refractivity (Wildman–Crippen MR) is 34.4 cm³/mol. The van der Waals surface area contributed by atoms with Gasteiger partial charge < -0.3 is 15.2 Å². The van der Waals surface area contributed by atoms with Crippen LogP contribution in [0.2, 0.25) is 0 Å². The molecule has 2 atom stereocenters. The first-order valence-corrected chi connectivity index (χ1v) is 3.23. The second kappa shape index (κ2) is 2.98. The molecule has 4 heteroatoms. The second-order valence-corrected chi connectivity index (χ2v) is 2.41. The third-order valence-electron chi connectivity index (χ3n) is 1.44. The van der Waals surface area contributed by atoms with Crippen LogP contribution in [0.3, 0.4) is 0 Å². The van der Waals surface area contributed by atoms with Gasteiger partial charge >= 0.3 is 0 Å². The molecule has 1 amide bonds. The molecule has 1 saturated heterocycles. The highest BCUT2D eigenvalue weighted by Gasteiger charge is 2.26. The summed E-state index contributed by atoms with van der Waals surface area (Å²) in [6.45, 7) is 2.16. The molecule has 0 aromatic heterocycles. The molecule has 4 nitrogen and oxygen atoms in total. The van der Waals surface area contributed by atoms with Gasteiger partial charge in [-0.1, -0.05) is 0 Å². The summed E-state index contributed by atoms with van der Waals surface area (Å²) in [5, 5.41) is 11.7. The number of hydrogen-bond acceptors (Lipinski definition) is 3. The zero-order valence-corrected chi connectivity index (χ0v) is 5.83. The molecule has 10 heavy (non-hydrogen) atoms. The van der Waals surface area contributed by atoms with Gasteiger partial charge in [-0.05, 0) is 0 Å². The first-order chi connectivity index (χ1) is 4.70. The van der Waals surface area contributed by atoms with Crippen LogP contribution in [0.25, 0.3) is 0 Å². The molecule has 1 aliphatic rings. The molecule has 0 saturated carbocycles. The molecule has 58 valence electrons. The number of aliphatic hydroxyl groups is 1. The van der Waals surface area contributed by atoms with Gasteiger partial charge in [-0.2, -0.15) is 0 Å². The second-order valence-electron chi connectivity index (χ2n) is 2.41. The van der Waals surface area contributed by atoms with Crippen LogP contribution in [-0.2, 0) is 9.53 Å². The van der Waals surface area contributed by atoms with Crippen molar-refractivity contribution in [3.63, 3.8) is 0 Å². The number of carbonyl (C=O) groups excluding carboxylic acids is 1. The largest absolute Gasteiger partial charge is 0.388 e. The maximum Gasteiger partial charge on any atom is 0.217 e. The molecule has 0 spiro atoms. The summed E-state index contributed by atoms with van der Waals surface area (Å²) in [5.41, 5.74) is 0. The van der Waals surface area contributed by atoms with Crippen LogP contribution in [0.4, 0.5) is 0 Å². The van der Waals surface area contributed by atoms with Crippen LogP contribution in [0.5, 0.6) is 0 Å². The Labute approximate surface area is 59.2 Å². The summed E-state index contributed by atoms with van der Waals surface area (Å²) >= 11 is 0. The van der Waals surface area contributed by atoms with Crippen molar-refractivity contribution >= 4 is 5.91 Å². The van der Waals surface area contributed by atoms with Crippen molar-refractivity contribution < 1.29 is 14.6 Å². The van der Waals surface area contributed by atoms with Gasteiger partial charge in [-0.15, -0.1) is 0 Å².